The molecule has 1 saturated heterocycles. The van der Waals surface area contributed by atoms with Crippen LogP contribution < -0.4 is 10.1 Å². The van der Waals surface area contributed by atoms with Gasteiger partial charge in [-0.25, -0.2) is 15.0 Å². The molecule has 1 amide bonds. The van der Waals surface area contributed by atoms with Crippen LogP contribution in [0.15, 0.2) is 43.0 Å². The Labute approximate surface area is 208 Å². The normalized spacial score (nSPS) is 13.5. The summed E-state index contributed by atoms with van der Waals surface area (Å²) < 4.78 is 7.79. The first-order chi connectivity index (χ1) is 17.3. The van der Waals surface area contributed by atoms with Crippen LogP contribution in [0.5, 0.6) is 11.6 Å². The summed E-state index contributed by atoms with van der Waals surface area (Å²) in [6, 6.07) is 9.33. The number of ether oxygens (including phenoxy) is 1. The number of nitriles is 1. The van der Waals surface area contributed by atoms with Crippen molar-refractivity contribution in [2.24, 2.45) is 7.05 Å². The fraction of sp³-hybridized carbons (Fsp3) is 0.280. The minimum Gasteiger partial charge on any atom is -0.437 e. The van der Waals surface area contributed by atoms with E-state index in [0.717, 1.165) is 18.7 Å². The summed E-state index contributed by atoms with van der Waals surface area (Å²) in [5.41, 5.74) is 3.55. The molecule has 1 fully saturated rings. The molecule has 0 unspecified atom stereocenters. The number of hydrogen-bond donors (Lipinski definition) is 1. The van der Waals surface area contributed by atoms with Crippen LogP contribution in [0.1, 0.15) is 21.6 Å². The average molecular weight is 484 g/mol. The summed E-state index contributed by atoms with van der Waals surface area (Å²) in [4.78, 5) is 34.2. The molecule has 0 saturated carbocycles. The smallest absolute Gasteiger partial charge is 0.255 e. The van der Waals surface area contributed by atoms with Crippen molar-refractivity contribution in [3.8, 4) is 17.7 Å². The van der Waals surface area contributed by atoms with Crippen LogP contribution in [0.4, 0.5) is 11.5 Å². The Morgan fingerprint density at radius 2 is 2.00 bits per heavy atom. The number of carbonyl (C=O) groups excluding carboxylic acids is 1. The fourth-order valence-electron chi connectivity index (χ4n) is 3.91. The van der Waals surface area contributed by atoms with Crippen LogP contribution in [0, 0.1) is 18.3 Å². The quantitative estimate of drug-likeness (QED) is 0.441. The summed E-state index contributed by atoms with van der Waals surface area (Å²) in [5, 5.41) is 12.3. The molecule has 5 rings (SSSR count). The number of fused-ring (bicyclic) bond motifs is 1. The van der Waals surface area contributed by atoms with Gasteiger partial charge in [0.1, 0.15) is 23.1 Å². The highest BCUT2D eigenvalue weighted by Crippen LogP contribution is 2.31. The van der Waals surface area contributed by atoms with Gasteiger partial charge in [-0.2, -0.15) is 10.2 Å². The molecule has 0 atom stereocenters. The molecule has 1 N–H and O–H groups in total. The van der Waals surface area contributed by atoms with E-state index >= 15 is 0 Å². The van der Waals surface area contributed by atoms with E-state index in [0.29, 0.717) is 51.6 Å². The SMILES string of the molecule is Cc1cc(C#N)ncc1Oc1cc(Nc2ccc(C(=O)N3CC(N(C)C)C3)cn2)c2ncn(C)c2n1. The van der Waals surface area contributed by atoms with Crippen LogP contribution >= 0.6 is 0 Å². The Morgan fingerprint density at radius 3 is 2.67 bits per heavy atom. The summed E-state index contributed by atoms with van der Waals surface area (Å²) in [6.45, 7) is 3.28. The van der Waals surface area contributed by atoms with Crippen molar-refractivity contribution in [3.63, 3.8) is 0 Å². The fourth-order valence-corrected chi connectivity index (χ4v) is 3.91. The number of anilines is 2. The monoisotopic (exact) mass is 483 g/mol. The largest absolute Gasteiger partial charge is 0.437 e. The van der Waals surface area contributed by atoms with Gasteiger partial charge in [-0.3, -0.25) is 4.79 Å². The van der Waals surface area contributed by atoms with Crippen molar-refractivity contribution in [1.82, 2.24) is 34.3 Å². The predicted molar refractivity (Wildman–Crippen MR) is 133 cm³/mol. The molecule has 11 nitrogen and oxygen atoms in total. The molecule has 0 radical (unpaired) electrons. The lowest BCUT2D eigenvalue weighted by molar-refractivity contribution is 0.0399. The van der Waals surface area contributed by atoms with Crippen molar-refractivity contribution < 1.29 is 9.53 Å². The molecule has 5 heterocycles. The molecule has 0 bridgehead atoms. The Balaban J connectivity index is 1.37. The topological polar surface area (TPSA) is 125 Å². The number of amides is 1. The first-order valence-electron chi connectivity index (χ1n) is 11.4. The molecule has 0 spiro atoms. The van der Waals surface area contributed by atoms with Gasteiger partial charge in [0.05, 0.1) is 23.8 Å². The molecular formula is C25H25N9O2. The van der Waals surface area contributed by atoms with Crippen molar-refractivity contribution in [3.05, 3.63) is 59.8 Å². The van der Waals surface area contributed by atoms with Crippen LogP contribution in [0.2, 0.25) is 0 Å². The van der Waals surface area contributed by atoms with E-state index in [1.807, 2.05) is 39.0 Å². The van der Waals surface area contributed by atoms with Gasteiger partial charge in [-0.15, -0.1) is 0 Å². The van der Waals surface area contributed by atoms with Gasteiger partial charge in [-0.1, -0.05) is 0 Å². The third kappa shape index (κ3) is 4.42. The first-order valence-corrected chi connectivity index (χ1v) is 11.4. The lowest BCUT2D eigenvalue weighted by atomic mass is 10.1. The van der Waals surface area contributed by atoms with Crippen molar-refractivity contribution in [1.29, 1.82) is 5.26 Å². The van der Waals surface area contributed by atoms with E-state index in [1.165, 1.54) is 6.20 Å². The van der Waals surface area contributed by atoms with Gasteiger partial charge in [0.15, 0.2) is 11.4 Å². The van der Waals surface area contributed by atoms with Crippen LogP contribution in [-0.4, -0.2) is 73.4 Å². The Kier molecular flexibility index (Phi) is 5.95. The maximum atomic E-state index is 12.7. The predicted octanol–water partition coefficient (Wildman–Crippen LogP) is 2.86. The molecule has 182 valence electrons. The Hall–Kier alpha value is -4.56. The van der Waals surface area contributed by atoms with E-state index in [2.05, 4.69) is 30.2 Å². The average Bonchev–Trinajstić information content (AvgIpc) is 3.20. The minimum atomic E-state index is -0.0229. The second-order valence-corrected chi connectivity index (χ2v) is 8.97. The summed E-state index contributed by atoms with van der Waals surface area (Å²) >= 11 is 0. The number of pyridine rings is 3. The second-order valence-electron chi connectivity index (χ2n) is 8.97. The maximum absolute atomic E-state index is 12.7. The van der Waals surface area contributed by atoms with Gasteiger partial charge in [0, 0.05) is 38.4 Å². The number of imidazole rings is 1. The molecule has 1 aliphatic heterocycles. The van der Waals surface area contributed by atoms with E-state index in [9.17, 15) is 4.79 Å². The van der Waals surface area contributed by atoms with Gasteiger partial charge in [0.25, 0.3) is 5.91 Å². The number of hydrogen-bond acceptors (Lipinski definition) is 9. The highest BCUT2D eigenvalue weighted by atomic mass is 16.5. The van der Waals surface area contributed by atoms with Gasteiger partial charge >= 0.3 is 0 Å². The second kappa shape index (κ2) is 9.24. The van der Waals surface area contributed by atoms with Gasteiger partial charge in [-0.05, 0) is 44.8 Å². The number of nitrogens with zero attached hydrogens (tertiary/aromatic N) is 8. The number of aryl methyl sites for hydroxylation is 2. The summed E-state index contributed by atoms with van der Waals surface area (Å²) in [6.07, 6.45) is 4.75. The number of aromatic nitrogens is 5. The first kappa shape index (κ1) is 23.2. The zero-order chi connectivity index (χ0) is 25.4. The van der Waals surface area contributed by atoms with Crippen LogP contribution in [0.25, 0.3) is 11.2 Å². The van der Waals surface area contributed by atoms with E-state index < -0.39 is 0 Å². The molecule has 11 heteroatoms. The molecule has 0 aromatic carbocycles. The molecular weight excluding hydrogens is 458 g/mol. The minimum absolute atomic E-state index is 0.0229. The van der Waals surface area contributed by atoms with E-state index in [-0.39, 0.29) is 5.91 Å². The Bertz CT molecular complexity index is 1480. The number of likely N-dealkylation sites (N-methyl/N-ethyl adjacent to an activating group) is 1. The lowest BCUT2D eigenvalue weighted by Gasteiger charge is -2.42. The zero-order valence-corrected chi connectivity index (χ0v) is 20.4. The highest BCUT2D eigenvalue weighted by molar-refractivity contribution is 5.95. The van der Waals surface area contributed by atoms with Crippen LogP contribution in [0.3, 0.4) is 0 Å². The van der Waals surface area contributed by atoms with E-state index in [1.54, 1.807) is 41.4 Å². The number of rotatable bonds is 6. The third-order valence-electron chi connectivity index (χ3n) is 6.19. The van der Waals surface area contributed by atoms with Crippen molar-refractivity contribution in [2.75, 3.05) is 32.5 Å². The molecule has 0 aliphatic carbocycles. The maximum Gasteiger partial charge on any atom is 0.255 e. The van der Waals surface area contributed by atoms with Crippen molar-refractivity contribution >= 4 is 28.6 Å². The summed E-state index contributed by atoms with van der Waals surface area (Å²) in [5.74, 6) is 1.37. The number of likely N-dealkylation sites (tertiary alicyclic amines) is 1. The van der Waals surface area contributed by atoms with E-state index in [4.69, 9.17) is 10.00 Å². The third-order valence-corrected chi connectivity index (χ3v) is 6.19. The van der Waals surface area contributed by atoms with Crippen LogP contribution in [-0.2, 0) is 7.05 Å². The van der Waals surface area contributed by atoms with Gasteiger partial charge < -0.3 is 24.4 Å². The summed E-state index contributed by atoms with van der Waals surface area (Å²) in [7, 11) is 5.88. The molecule has 1 aliphatic rings. The molecule has 4 aromatic heterocycles. The standard InChI is InChI=1S/C25H25N9O2/c1-15-7-17(9-26)27-11-20(15)36-22-8-19(23-24(31-22)33(4)14-29-23)30-21-6-5-16(10-28-21)25(35)34-12-18(13-34)32(2)3/h5-8,10-11,14,18H,12-13H2,1-4H3,(H,28,30,31). The van der Waals surface area contributed by atoms with Gasteiger partial charge in [0.2, 0.25) is 5.88 Å². The number of nitrogens with one attached hydrogen (secondary N) is 1. The highest BCUT2D eigenvalue weighted by Gasteiger charge is 2.32. The lowest BCUT2D eigenvalue weighted by Crippen LogP contribution is -2.59. The molecule has 36 heavy (non-hydrogen) atoms. The number of carbonyl (C=O) groups is 1. The van der Waals surface area contributed by atoms with Crippen molar-refractivity contribution in [2.45, 2.75) is 13.0 Å². The molecule has 4 aromatic rings. The zero-order valence-electron chi connectivity index (χ0n) is 20.4. The Morgan fingerprint density at radius 1 is 1.19 bits per heavy atom.